The monoisotopic (exact) mass is 511 g/mol. The molecule has 4 N–H and O–H groups in total. The van der Waals surface area contributed by atoms with Gasteiger partial charge in [0.05, 0.1) is 6.61 Å². The number of oxazole rings is 1. The van der Waals surface area contributed by atoms with E-state index in [2.05, 4.69) is 44.0 Å². The van der Waals surface area contributed by atoms with Gasteiger partial charge in [0, 0.05) is 25.9 Å². The van der Waals surface area contributed by atoms with Crippen LogP contribution in [-0.2, 0) is 16.0 Å². The molecule has 0 saturated carbocycles. The Hall–Kier alpha value is -3.99. The van der Waals surface area contributed by atoms with Gasteiger partial charge in [-0.25, -0.2) is 4.79 Å². The highest BCUT2D eigenvalue weighted by molar-refractivity contribution is 7.77. The summed E-state index contributed by atoms with van der Waals surface area (Å²) >= 11 is 3.83. The Morgan fingerprint density at radius 1 is 1.19 bits per heavy atom. The molecule has 0 aliphatic carbocycles. The standard InChI is InChI=1S/C24H27N5O5.CH2S/c30-21(29-23-25-12-4-13-26-23)7-3-14-33-17-10-8-16(9-11-17)15-19(22(31)32)28-24-27-18-5-1-2-6-20(18)34-24;1-2/h1-2,5-6,8-11,19H,3-4,7,12-15H2,(H,27,28)(H,31,32)(H2,25,26,29,30);1H2. The summed E-state index contributed by atoms with van der Waals surface area (Å²) in [6.07, 6.45) is 2.11. The third-order valence-corrected chi connectivity index (χ3v) is 5.22. The molecule has 1 amide bonds. The van der Waals surface area contributed by atoms with Crippen LogP contribution in [-0.4, -0.2) is 59.5 Å². The van der Waals surface area contributed by atoms with Crippen LogP contribution < -0.4 is 20.7 Å². The van der Waals surface area contributed by atoms with Crippen molar-refractivity contribution in [3.05, 3.63) is 54.1 Å². The molecule has 10 nitrogen and oxygen atoms in total. The number of hydrogen-bond donors (Lipinski definition) is 4. The van der Waals surface area contributed by atoms with Gasteiger partial charge in [-0.2, -0.15) is 4.98 Å². The third-order valence-electron chi connectivity index (χ3n) is 5.22. The Morgan fingerprint density at radius 3 is 2.67 bits per heavy atom. The molecule has 2 aromatic carbocycles. The number of carbonyl (C=O) groups is 2. The first-order chi connectivity index (χ1) is 17.6. The maximum Gasteiger partial charge on any atom is 0.326 e. The topological polar surface area (TPSA) is 138 Å². The highest BCUT2D eigenvalue weighted by Gasteiger charge is 2.20. The number of nitrogens with one attached hydrogen (secondary N) is 3. The van der Waals surface area contributed by atoms with Gasteiger partial charge in [0.2, 0.25) is 5.91 Å². The quantitative estimate of drug-likeness (QED) is 0.239. The third kappa shape index (κ3) is 8.05. The van der Waals surface area contributed by atoms with E-state index in [0.717, 1.165) is 25.1 Å². The van der Waals surface area contributed by atoms with Gasteiger partial charge in [0.15, 0.2) is 11.5 Å². The second kappa shape index (κ2) is 13.8. The second-order valence-electron chi connectivity index (χ2n) is 7.88. The summed E-state index contributed by atoms with van der Waals surface area (Å²) in [6, 6.07) is 13.7. The molecule has 0 fully saturated rings. The molecule has 190 valence electrons. The lowest BCUT2D eigenvalue weighted by molar-refractivity contribution is -0.138. The number of aliphatic carboxylic acids is 1. The Labute approximate surface area is 214 Å². The lowest BCUT2D eigenvalue weighted by atomic mass is 10.1. The molecule has 11 heteroatoms. The van der Waals surface area contributed by atoms with Crippen molar-refractivity contribution in [1.82, 2.24) is 15.6 Å². The number of nitrogens with zero attached hydrogens (tertiary/aromatic N) is 2. The van der Waals surface area contributed by atoms with Crippen LogP contribution in [0.5, 0.6) is 5.75 Å². The summed E-state index contributed by atoms with van der Waals surface area (Å²) < 4.78 is 11.3. The number of fused-ring (bicyclic) bond motifs is 1. The number of guanidine groups is 1. The van der Waals surface area contributed by atoms with Gasteiger partial charge in [-0.05, 0) is 48.5 Å². The fourth-order valence-corrected chi connectivity index (χ4v) is 3.47. The maximum atomic E-state index is 12.0. The average Bonchev–Trinajstić information content (AvgIpc) is 3.31. The number of thiocarbonyl (C=S) groups is 1. The number of hydrogen-bond acceptors (Lipinski definition) is 9. The summed E-state index contributed by atoms with van der Waals surface area (Å²) in [7, 11) is 0. The van der Waals surface area contributed by atoms with Gasteiger partial charge in [0.25, 0.3) is 6.01 Å². The first kappa shape index (κ1) is 26.6. The number of aromatic nitrogens is 1. The molecule has 4 rings (SSSR count). The number of benzene rings is 2. The van der Waals surface area contributed by atoms with Crippen molar-refractivity contribution in [1.29, 1.82) is 0 Å². The van der Waals surface area contributed by atoms with Crippen molar-refractivity contribution >= 4 is 53.0 Å². The van der Waals surface area contributed by atoms with Crippen LogP contribution in [0.15, 0.2) is 57.9 Å². The van der Waals surface area contributed by atoms with Crippen LogP contribution in [0.25, 0.3) is 11.1 Å². The molecule has 0 bridgehead atoms. The van der Waals surface area contributed by atoms with Gasteiger partial charge in [-0.1, -0.05) is 36.5 Å². The molecule has 3 aromatic rings. The number of carbonyl (C=O) groups excluding carboxylic acids is 1. The zero-order valence-electron chi connectivity index (χ0n) is 19.7. The second-order valence-corrected chi connectivity index (χ2v) is 7.88. The maximum absolute atomic E-state index is 12.0. The molecule has 0 spiro atoms. The number of anilines is 1. The number of rotatable bonds is 10. The molecule has 1 unspecified atom stereocenters. The van der Waals surface area contributed by atoms with E-state index in [1.165, 1.54) is 0 Å². The number of ether oxygens (including phenoxy) is 1. The number of carboxylic acids is 1. The summed E-state index contributed by atoms with van der Waals surface area (Å²) in [5.74, 6) is 2.92. The van der Waals surface area contributed by atoms with E-state index >= 15 is 0 Å². The zero-order chi connectivity index (χ0) is 25.8. The van der Waals surface area contributed by atoms with Crippen molar-refractivity contribution in [2.24, 2.45) is 4.99 Å². The van der Waals surface area contributed by atoms with E-state index in [1.807, 2.05) is 24.3 Å². The van der Waals surface area contributed by atoms with Crippen molar-refractivity contribution < 1.29 is 23.8 Å². The minimum Gasteiger partial charge on any atom is -0.494 e. The minimum absolute atomic E-state index is 0.0988. The predicted octanol–water partition coefficient (Wildman–Crippen LogP) is 3.18. The van der Waals surface area contributed by atoms with Gasteiger partial charge in [0.1, 0.15) is 17.3 Å². The smallest absolute Gasteiger partial charge is 0.326 e. The van der Waals surface area contributed by atoms with Crippen LogP contribution >= 0.6 is 12.2 Å². The minimum atomic E-state index is -1.00. The molecule has 0 saturated heterocycles. The van der Waals surface area contributed by atoms with E-state index in [0.29, 0.717) is 42.3 Å². The summed E-state index contributed by atoms with van der Waals surface area (Å²) in [6.45, 7) is 1.93. The first-order valence-corrected chi connectivity index (χ1v) is 12.1. The van der Waals surface area contributed by atoms with E-state index in [9.17, 15) is 14.7 Å². The van der Waals surface area contributed by atoms with Gasteiger partial charge in [-0.3, -0.25) is 15.1 Å². The lowest BCUT2D eigenvalue weighted by Crippen LogP contribution is -2.43. The molecule has 1 aliphatic heterocycles. The molecule has 0 radical (unpaired) electrons. The van der Waals surface area contributed by atoms with E-state index in [4.69, 9.17) is 9.15 Å². The van der Waals surface area contributed by atoms with Crippen molar-refractivity contribution in [3.8, 4) is 5.75 Å². The first-order valence-electron chi connectivity index (χ1n) is 11.5. The Morgan fingerprint density at radius 2 is 1.97 bits per heavy atom. The normalized spacial score (nSPS) is 13.4. The van der Waals surface area contributed by atoms with Crippen LogP contribution in [0.1, 0.15) is 24.8 Å². The van der Waals surface area contributed by atoms with Crippen molar-refractivity contribution in [3.63, 3.8) is 0 Å². The predicted molar refractivity (Wildman–Crippen MR) is 142 cm³/mol. The molecular weight excluding hydrogens is 482 g/mol. The molecule has 1 aromatic heterocycles. The highest BCUT2D eigenvalue weighted by Crippen LogP contribution is 2.20. The van der Waals surface area contributed by atoms with Crippen molar-refractivity contribution in [2.75, 3.05) is 25.0 Å². The summed E-state index contributed by atoms with van der Waals surface area (Å²) in [5, 5.41) is 18.3. The van der Waals surface area contributed by atoms with Crippen LogP contribution in [0.2, 0.25) is 0 Å². The number of para-hydroxylation sites is 2. The Balaban J connectivity index is 0.00000176. The SMILES string of the molecule is C=S.O=C(CCCOc1ccc(CC(Nc2nc3ccccc3o2)C(=O)O)cc1)NC1=NCCCN1. The molecule has 1 atom stereocenters. The average molecular weight is 512 g/mol. The number of aliphatic imine (C=N–C) groups is 1. The molecule has 36 heavy (non-hydrogen) atoms. The van der Waals surface area contributed by atoms with Gasteiger partial charge < -0.3 is 24.9 Å². The van der Waals surface area contributed by atoms with E-state index in [-0.39, 0.29) is 18.3 Å². The fraction of sp³-hybridized carbons (Fsp3) is 0.320. The highest BCUT2D eigenvalue weighted by atomic mass is 32.1. The largest absolute Gasteiger partial charge is 0.494 e. The summed E-state index contributed by atoms with van der Waals surface area (Å²) in [4.78, 5) is 32.2. The van der Waals surface area contributed by atoms with E-state index in [1.54, 1.807) is 24.3 Å². The zero-order valence-corrected chi connectivity index (χ0v) is 20.6. The molecule has 1 aliphatic rings. The molecule has 2 heterocycles. The lowest BCUT2D eigenvalue weighted by Gasteiger charge is -2.15. The van der Waals surface area contributed by atoms with Crippen LogP contribution in [0, 0.1) is 0 Å². The van der Waals surface area contributed by atoms with Crippen molar-refractivity contribution in [2.45, 2.75) is 31.7 Å². The van der Waals surface area contributed by atoms with Crippen LogP contribution in [0.3, 0.4) is 0 Å². The number of carboxylic acid groups (broad SMARTS) is 1. The number of amides is 1. The summed E-state index contributed by atoms with van der Waals surface area (Å²) in [5.41, 5.74) is 2.07. The van der Waals surface area contributed by atoms with Gasteiger partial charge >= 0.3 is 5.97 Å². The Kier molecular flexibility index (Phi) is 10.2. The Bertz CT molecular complexity index is 1150. The van der Waals surface area contributed by atoms with Gasteiger partial charge in [-0.15, -0.1) is 0 Å². The van der Waals surface area contributed by atoms with Crippen LogP contribution in [0.4, 0.5) is 6.01 Å². The van der Waals surface area contributed by atoms with E-state index < -0.39 is 12.0 Å². The fourth-order valence-electron chi connectivity index (χ4n) is 3.47. The molecular formula is C25H29N5O5S.